The molecule has 16 heteroatoms. The monoisotopic (exact) mass is 660 g/mol. The van der Waals surface area contributed by atoms with E-state index in [1.54, 1.807) is 18.5 Å². The van der Waals surface area contributed by atoms with Crippen LogP contribution in [-0.2, 0) is 11.2 Å². The number of carbonyl (C=O) groups excluding carboxylic acids is 2. The number of fused-ring (bicyclic) bond motifs is 1. The summed E-state index contributed by atoms with van der Waals surface area (Å²) in [7, 11) is 0. The predicted molar refractivity (Wildman–Crippen MR) is 148 cm³/mol. The van der Waals surface area contributed by atoms with Crippen molar-refractivity contribution < 1.29 is 44.7 Å². The average molecular weight is 661 g/mol. The third-order valence-corrected chi connectivity index (χ3v) is 8.44. The largest absolute Gasteiger partial charge is 0.394 e. The second-order valence-corrected chi connectivity index (χ2v) is 12.2. The molecular weight excluding hydrogens is 628 g/mol. The minimum Gasteiger partial charge on any atom is -0.347 e. The predicted octanol–water partition coefficient (Wildman–Crippen LogP) is 6.68. The van der Waals surface area contributed by atoms with E-state index in [-0.39, 0.29) is 41.5 Å². The van der Waals surface area contributed by atoms with Gasteiger partial charge in [0.25, 0.3) is 5.91 Å². The highest BCUT2D eigenvalue weighted by molar-refractivity contribution is 5.94. The fourth-order valence-corrected chi connectivity index (χ4v) is 5.69. The van der Waals surface area contributed by atoms with E-state index in [9.17, 15) is 44.7 Å². The van der Waals surface area contributed by atoms with Crippen molar-refractivity contribution >= 4 is 17.6 Å². The van der Waals surface area contributed by atoms with Gasteiger partial charge < -0.3 is 10.6 Å². The first-order valence-corrected chi connectivity index (χ1v) is 14.9. The van der Waals surface area contributed by atoms with Crippen molar-refractivity contribution in [1.29, 1.82) is 0 Å². The van der Waals surface area contributed by atoms with Gasteiger partial charge in [-0.25, -0.2) is 18.7 Å². The highest BCUT2D eigenvalue weighted by Gasteiger charge is 2.41. The summed E-state index contributed by atoms with van der Waals surface area (Å²) >= 11 is 0. The molecule has 0 saturated heterocycles. The van der Waals surface area contributed by atoms with Crippen molar-refractivity contribution in [2.75, 3.05) is 0 Å². The molecule has 250 valence electrons. The van der Waals surface area contributed by atoms with E-state index >= 15 is 0 Å². The standard InChI is InChI=1S/C30H32F8N6O2/c1-16(30(36,37)38)12-23(45)42-24(17-2-3-17)21-7-11-44-15-22(41-27(44)40-21)25(18-4-8-28(31,32)9-5-18)43-26(46)19-6-10-39-20(13-19)14-29(33,34)35/h6-7,10-11,13,15-18,24-25H,2-5,8-9,12,14H2,1H3,(H,42,45)(H,43,46)/t16?,24-,25-/m0/s1. The molecule has 0 radical (unpaired) electrons. The molecular formula is C30H32F8N6O2. The minimum atomic E-state index is -4.54. The highest BCUT2D eigenvalue weighted by atomic mass is 19.4. The van der Waals surface area contributed by atoms with Crippen LogP contribution < -0.4 is 10.6 Å². The molecule has 1 unspecified atom stereocenters. The number of carbonyl (C=O) groups is 2. The van der Waals surface area contributed by atoms with Crippen LogP contribution >= 0.6 is 0 Å². The molecule has 3 aromatic heterocycles. The third-order valence-electron chi connectivity index (χ3n) is 8.44. The van der Waals surface area contributed by atoms with Crippen LogP contribution in [0.1, 0.15) is 91.4 Å². The van der Waals surface area contributed by atoms with E-state index in [0.717, 1.165) is 32.0 Å². The van der Waals surface area contributed by atoms with Gasteiger partial charge in [0, 0.05) is 43.4 Å². The molecule has 8 nitrogen and oxygen atoms in total. The fraction of sp³-hybridized carbons (Fsp3) is 0.567. The van der Waals surface area contributed by atoms with Gasteiger partial charge in [0.2, 0.25) is 17.6 Å². The van der Waals surface area contributed by atoms with Gasteiger partial charge in [-0.2, -0.15) is 26.3 Å². The molecule has 5 rings (SSSR count). The third kappa shape index (κ3) is 8.49. The second kappa shape index (κ2) is 12.7. The first-order chi connectivity index (χ1) is 21.5. The van der Waals surface area contributed by atoms with Crippen LogP contribution in [0.15, 0.2) is 36.8 Å². The Balaban J connectivity index is 1.40. The first-order valence-electron chi connectivity index (χ1n) is 14.9. The lowest BCUT2D eigenvalue weighted by Gasteiger charge is -2.33. The molecule has 2 aliphatic rings. The summed E-state index contributed by atoms with van der Waals surface area (Å²) in [4.78, 5) is 38.5. The van der Waals surface area contributed by atoms with Gasteiger partial charge >= 0.3 is 12.4 Å². The zero-order valence-corrected chi connectivity index (χ0v) is 24.6. The summed E-state index contributed by atoms with van der Waals surface area (Å²) in [6, 6.07) is 2.33. The SMILES string of the molecule is CC(CC(=O)N[C@H](c1ccn2cc([C@@H](NC(=O)c3ccnc(CC(F)(F)F)c3)C3CCC(F)(F)CC3)nc2n1)C1CC1)C(F)(F)F. The molecule has 2 amide bonds. The lowest BCUT2D eigenvalue weighted by molar-refractivity contribution is -0.174. The first kappa shape index (κ1) is 33.5. The van der Waals surface area contributed by atoms with Crippen LogP contribution in [0.25, 0.3) is 5.78 Å². The molecule has 0 spiro atoms. The Labute approximate surface area is 258 Å². The van der Waals surface area contributed by atoms with Gasteiger partial charge in [-0.15, -0.1) is 0 Å². The van der Waals surface area contributed by atoms with Crippen LogP contribution in [0.5, 0.6) is 0 Å². The Hall–Kier alpha value is -3.85. The maximum absolute atomic E-state index is 14.0. The van der Waals surface area contributed by atoms with E-state index in [1.165, 1.54) is 10.5 Å². The summed E-state index contributed by atoms with van der Waals surface area (Å²) < 4.78 is 107. The second-order valence-electron chi connectivity index (χ2n) is 12.2. The smallest absolute Gasteiger partial charge is 0.347 e. The number of nitrogens with zero attached hydrogens (tertiary/aromatic N) is 4. The number of hydrogen-bond acceptors (Lipinski definition) is 5. The molecule has 2 N–H and O–H groups in total. The van der Waals surface area contributed by atoms with Crippen LogP contribution in [0, 0.1) is 17.8 Å². The van der Waals surface area contributed by atoms with Gasteiger partial charge in [-0.1, -0.05) is 6.92 Å². The lowest BCUT2D eigenvalue weighted by Crippen LogP contribution is -2.37. The number of rotatable bonds is 10. The summed E-state index contributed by atoms with van der Waals surface area (Å²) in [6.07, 6.45) is -6.14. The van der Waals surface area contributed by atoms with Crippen molar-refractivity contribution in [2.45, 2.75) is 88.6 Å². The molecule has 2 saturated carbocycles. The highest BCUT2D eigenvalue weighted by Crippen LogP contribution is 2.43. The molecule has 2 fully saturated rings. The van der Waals surface area contributed by atoms with Crippen molar-refractivity contribution in [2.24, 2.45) is 17.8 Å². The van der Waals surface area contributed by atoms with E-state index < -0.39 is 79.7 Å². The van der Waals surface area contributed by atoms with Crippen LogP contribution in [0.4, 0.5) is 35.1 Å². The Kier molecular flexibility index (Phi) is 9.28. The number of nitrogens with one attached hydrogen (secondary N) is 2. The maximum atomic E-state index is 14.0. The zero-order valence-electron chi connectivity index (χ0n) is 24.6. The normalized spacial score (nSPS) is 19.4. The molecule has 2 aliphatic carbocycles. The van der Waals surface area contributed by atoms with Gasteiger partial charge in [-0.05, 0) is 55.7 Å². The van der Waals surface area contributed by atoms with Crippen molar-refractivity contribution in [3.05, 3.63) is 59.4 Å². The van der Waals surface area contributed by atoms with Crippen LogP contribution in [0.3, 0.4) is 0 Å². The Morgan fingerprint density at radius 2 is 1.59 bits per heavy atom. The van der Waals surface area contributed by atoms with Gasteiger partial charge in [0.05, 0.1) is 41.5 Å². The van der Waals surface area contributed by atoms with Crippen molar-refractivity contribution in [3.63, 3.8) is 0 Å². The molecule has 3 atom stereocenters. The minimum absolute atomic E-state index is 0.0203. The Morgan fingerprint density at radius 1 is 0.957 bits per heavy atom. The molecule has 0 aliphatic heterocycles. The van der Waals surface area contributed by atoms with Crippen LogP contribution in [-0.4, -0.2) is 49.4 Å². The van der Waals surface area contributed by atoms with Gasteiger partial charge in [0.1, 0.15) is 0 Å². The molecule has 3 heterocycles. The maximum Gasteiger partial charge on any atom is 0.394 e. The van der Waals surface area contributed by atoms with E-state index in [2.05, 4.69) is 25.6 Å². The number of imidazole rings is 1. The van der Waals surface area contributed by atoms with Crippen molar-refractivity contribution in [1.82, 2.24) is 30.0 Å². The van der Waals surface area contributed by atoms with E-state index in [1.807, 2.05) is 0 Å². The zero-order chi connectivity index (χ0) is 33.4. The van der Waals surface area contributed by atoms with Gasteiger partial charge in [-0.3, -0.25) is 19.0 Å². The molecule has 0 bridgehead atoms. The topological polar surface area (TPSA) is 101 Å². The number of halogens is 8. The van der Waals surface area contributed by atoms with E-state index in [0.29, 0.717) is 5.69 Å². The average Bonchev–Trinajstić information content (AvgIpc) is 3.71. The summed E-state index contributed by atoms with van der Waals surface area (Å²) in [5.74, 6) is -6.53. The quantitative estimate of drug-likeness (QED) is 0.236. The van der Waals surface area contributed by atoms with E-state index in [4.69, 9.17) is 0 Å². The number of pyridine rings is 1. The number of amides is 2. The molecule has 0 aromatic carbocycles. The Bertz CT molecular complexity index is 1560. The fourth-order valence-electron chi connectivity index (χ4n) is 5.69. The van der Waals surface area contributed by atoms with Crippen LogP contribution in [0.2, 0.25) is 0 Å². The summed E-state index contributed by atoms with van der Waals surface area (Å²) in [6.45, 7) is 0.931. The number of alkyl halides is 8. The molecule has 3 aromatic rings. The molecule has 46 heavy (non-hydrogen) atoms. The summed E-state index contributed by atoms with van der Waals surface area (Å²) in [5.41, 5.74) is 0.215. The lowest BCUT2D eigenvalue weighted by atomic mass is 9.81. The van der Waals surface area contributed by atoms with Crippen molar-refractivity contribution in [3.8, 4) is 0 Å². The Morgan fingerprint density at radius 3 is 2.22 bits per heavy atom. The number of hydrogen-bond donors (Lipinski definition) is 2. The number of aromatic nitrogens is 4. The van der Waals surface area contributed by atoms with Gasteiger partial charge in [0.15, 0.2) is 0 Å². The summed E-state index contributed by atoms with van der Waals surface area (Å²) in [5, 5.41) is 5.45.